The third-order valence-electron chi connectivity index (χ3n) is 3.72. The first-order valence-electron chi connectivity index (χ1n) is 7.29. The minimum Gasteiger partial charge on any atom is -0.375 e. The van der Waals surface area contributed by atoms with E-state index in [2.05, 4.69) is 18.9 Å². The van der Waals surface area contributed by atoms with E-state index in [-0.39, 0.29) is 11.9 Å². The lowest BCUT2D eigenvalue weighted by Gasteiger charge is -2.24. The van der Waals surface area contributed by atoms with Crippen molar-refractivity contribution in [1.29, 1.82) is 0 Å². The summed E-state index contributed by atoms with van der Waals surface area (Å²) in [5.41, 5.74) is 7.45. The molecule has 0 saturated heterocycles. The number of rotatable bonds is 7. The van der Waals surface area contributed by atoms with Crippen LogP contribution in [0.2, 0.25) is 0 Å². The van der Waals surface area contributed by atoms with Gasteiger partial charge < -0.3 is 15.5 Å². The number of carbonyl (C=O) groups is 1. The van der Waals surface area contributed by atoms with Gasteiger partial charge in [0.05, 0.1) is 0 Å². The van der Waals surface area contributed by atoms with Crippen LogP contribution >= 0.6 is 0 Å². The maximum atomic E-state index is 12.3. The van der Waals surface area contributed by atoms with Gasteiger partial charge in [0.25, 0.3) is 5.91 Å². The second-order valence-corrected chi connectivity index (χ2v) is 5.32. The number of nitrogens with zero attached hydrogens (tertiary/aromatic N) is 2. The number of amides is 1. The van der Waals surface area contributed by atoms with Crippen LogP contribution in [0.3, 0.4) is 0 Å². The van der Waals surface area contributed by atoms with Gasteiger partial charge in [0.2, 0.25) is 0 Å². The highest BCUT2D eigenvalue weighted by molar-refractivity contribution is 5.94. The first-order valence-corrected chi connectivity index (χ1v) is 7.29. The lowest BCUT2D eigenvalue weighted by molar-refractivity contribution is 0.0748. The summed E-state index contributed by atoms with van der Waals surface area (Å²) in [5.74, 6) is 0.0192. The molecule has 20 heavy (non-hydrogen) atoms. The first kappa shape index (κ1) is 16.5. The number of nitrogens with two attached hydrogens (primary N) is 1. The van der Waals surface area contributed by atoms with E-state index in [1.807, 2.05) is 31.2 Å². The molecule has 1 atom stereocenters. The molecule has 0 aliphatic heterocycles. The molecule has 4 nitrogen and oxygen atoms in total. The van der Waals surface area contributed by atoms with E-state index in [4.69, 9.17) is 5.73 Å². The summed E-state index contributed by atoms with van der Waals surface area (Å²) in [5, 5.41) is 0. The number of hydrogen-bond donors (Lipinski definition) is 1. The molecule has 0 radical (unpaired) electrons. The molecule has 1 rings (SSSR count). The van der Waals surface area contributed by atoms with Crippen molar-refractivity contribution in [2.24, 2.45) is 5.73 Å². The summed E-state index contributed by atoms with van der Waals surface area (Å²) < 4.78 is 0. The van der Waals surface area contributed by atoms with Crippen LogP contribution in [-0.2, 0) is 0 Å². The summed E-state index contributed by atoms with van der Waals surface area (Å²) in [6.45, 7) is 5.64. The van der Waals surface area contributed by atoms with Crippen LogP contribution in [0.5, 0.6) is 0 Å². The first-order chi connectivity index (χ1) is 9.51. The van der Waals surface area contributed by atoms with Crippen molar-refractivity contribution in [3.8, 4) is 0 Å². The Kier molecular flexibility index (Phi) is 6.52. The van der Waals surface area contributed by atoms with Gasteiger partial charge in [-0.05, 0) is 37.6 Å². The highest BCUT2D eigenvalue weighted by atomic mass is 16.2. The minimum atomic E-state index is 0.0192. The van der Waals surface area contributed by atoms with Gasteiger partial charge in [0.1, 0.15) is 0 Å². The number of benzene rings is 1. The van der Waals surface area contributed by atoms with Crippen LogP contribution < -0.4 is 10.6 Å². The van der Waals surface area contributed by atoms with E-state index in [0.29, 0.717) is 12.1 Å². The molecule has 4 heteroatoms. The van der Waals surface area contributed by atoms with Crippen molar-refractivity contribution in [3.63, 3.8) is 0 Å². The third kappa shape index (κ3) is 4.23. The topological polar surface area (TPSA) is 49.6 Å². The highest BCUT2D eigenvalue weighted by Gasteiger charge is 2.16. The largest absolute Gasteiger partial charge is 0.375 e. The van der Waals surface area contributed by atoms with Crippen molar-refractivity contribution < 1.29 is 4.79 Å². The molecular formula is C16H27N3O. The number of likely N-dealkylation sites (N-methyl/N-ethyl adjacent to an activating group) is 1. The molecule has 1 aromatic carbocycles. The van der Waals surface area contributed by atoms with E-state index in [0.717, 1.165) is 12.2 Å². The quantitative estimate of drug-likeness (QED) is 0.832. The molecular weight excluding hydrogens is 250 g/mol. The molecule has 0 saturated carbocycles. The average Bonchev–Trinajstić information content (AvgIpc) is 2.50. The van der Waals surface area contributed by atoms with Gasteiger partial charge in [-0.1, -0.05) is 13.3 Å². The fraction of sp³-hybridized carbons (Fsp3) is 0.562. The Labute approximate surface area is 122 Å². The van der Waals surface area contributed by atoms with Crippen molar-refractivity contribution in [1.82, 2.24) is 4.90 Å². The summed E-state index contributed by atoms with van der Waals surface area (Å²) in [6, 6.07) is 7.84. The molecule has 0 heterocycles. The smallest absolute Gasteiger partial charge is 0.253 e. The van der Waals surface area contributed by atoms with E-state index >= 15 is 0 Å². The van der Waals surface area contributed by atoms with Crippen LogP contribution in [0, 0.1) is 0 Å². The van der Waals surface area contributed by atoms with Crippen LogP contribution in [-0.4, -0.2) is 44.0 Å². The molecule has 112 valence electrons. The molecule has 0 aliphatic carbocycles. The van der Waals surface area contributed by atoms with Crippen molar-refractivity contribution >= 4 is 11.6 Å². The van der Waals surface area contributed by atoms with Crippen molar-refractivity contribution in [3.05, 3.63) is 29.8 Å². The Morgan fingerprint density at radius 1 is 1.25 bits per heavy atom. The Balaban J connectivity index is 2.73. The van der Waals surface area contributed by atoms with E-state index in [1.54, 1.807) is 11.9 Å². The molecule has 1 unspecified atom stereocenters. The molecule has 0 bridgehead atoms. The van der Waals surface area contributed by atoms with E-state index in [9.17, 15) is 4.79 Å². The number of hydrogen-bond acceptors (Lipinski definition) is 3. The Morgan fingerprint density at radius 3 is 2.35 bits per heavy atom. The van der Waals surface area contributed by atoms with Crippen LogP contribution in [0.4, 0.5) is 5.69 Å². The molecule has 2 N–H and O–H groups in total. The third-order valence-corrected chi connectivity index (χ3v) is 3.72. The average molecular weight is 277 g/mol. The van der Waals surface area contributed by atoms with Crippen LogP contribution in [0.25, 0.3) is 0 Å². The van der Waals surface area contributed by atoms with Gasteiger partial charge in [0, 0.05) is 44.5 Å². The summed E-state index contributed by atoms with van der Waals surface area (Å²) in [7, 11) is 3.87. The zero-order chi connectivity index (χ0) is 15.1. The fourth-order valence-electron chi connectivity index (χ4n) is 1.94. The van der Waals surface area contributed by atoms with Crippen LogP contribution in [0.1, 0.15) is 37.0 Å². The molecule has 1 aromatic rings. The lowest BCUT2D eigenvalue weighted by atomic mass is 10.1. The Hall–Kier alpha value is -1.55. The second-order valence-electron chi connectivity index (χ2n) is 5.32. The second kappa shape index (κ2) is 7.90. The van der Waals surface area contributed by atoms with Gasteiger partial charge in [-0.3, -0.25) is 4.79 Å². The normalized spacial score (nSPS) is 12.1. The van der Waals surface area contributed by atoms with Gasteiger partial charge in [-0.2, -0.15) is 0 Å². The maximum Gasteiger partial charge on any atom is 0.253 e. The zero-order valence-corrected chi connectivity index (χ0v) is 13.1. The highest BCUT2D eigenvalue weighted by Crippen LogP contribution is 2.16. The lowest BCUT2D eigenvalue weighted by Crippen LogP contribution is -2.39. The number of unbranched alkanes of at least 4 members (excludes halogenated alkanes) is 1. The SMILES string of the molecule is CCCCN(C)c1ccc(C(=O)N(C)C(C)CN)cc1. The standard InChI is InChI=1S/C16H27N3O/c1-5-6-11-18(3)15-9-7-14(8-10-15)16(20)19(4)13(2)12-17/h7-10,13H,5-6,11-12,17H2,1-4H3. The summed E-state index contributed by atoms with van der Waals surface area (Å²) >= 11 is 0. The number of anilines is 1. The van der Waals surface area contributed by atoms with E-state index < -0.39 is 0 Å². The maximum absolute atomic E-state index is 12.3. The minimum absolute atomic E-state index is 0.0192. The summed E-state index contributed by atoms with van der Waals surface area (Å²) in [6.07, 6.45) is 2.36. The summed E-state index contributed by atoms with van der Waals surface area (Å²) in [4.78, 5) is 16.2. The monoisotopic (exact) mass is 277 g/mol. The zero-order valence-electron chi connectivity index (χ0n) is 13.1. The van der Waals surface area contributed by atoms with Gasteiger partial charge in [-0.15, -0.1) is 0 Å². The molecule has 0 aromatic heterocycles. The van der Waals surface area contributed by atoms with Crippen molar-refractivity contribution in [2.45, 2.75) is 32.7 Å². The molecule has 0 fully saturated rings. The van der Waals surface area contributed by atoms with Crippen molar-refractivity contribution in [2.75, 3.05) is 32.1 Å². The van der Waals surface area contributed by atoms with Gasteiger partial charge in [0.15, 0.2) is 0 Å². The molecule has 0 spiro atoms. The molecule has 0 aliphatic rings. The van der Waals surface area contributed by atoms with E-state index in [1.165, 1.54) is 12.8 Å². The Morgan fingerprint density at radius 2 is 1.85 bits per heavy atom. The fourth-order valence-corrected chi connectivity index (χ4v) is 1.94. The molecule has 1 amide bonds. The number of carbonyl (C=O) groups excluding carboxylic acids is 1. The van der Waals surface area contributed by atoms with Crippen LogP contribution in [0.15, 0.2) is 24.3 Å². The van der Waals surface area contributed by atoms with Gasteiger partial charge >= 0.3 is 0 Å². The predicted octanol–water partition coefficient (Wildman–Crippen LogP) is 2.34. The van der Waals surface area contributed by atoms with Gasteiger partial charge in [-0.25, -0.2) is 0 Å². The predicted molar refractivity (Wildman–Crippen MR) is 85.2 cm³/mol. The Bertz CT molecular complexity index is 416.